The maximum atomic E-state index is 6.22. The molecule has 0 amide bonds. The average molecular weight is 482 g/mol. The zero-order chi connectivity index (χ0) is 19.9. The summed E-state index contributed by atoms with van der Waals surface area (Å²) in [4.78, 5) is 4.12. The quantitative estimate of drug-likeness (QED) is 0.426. The molecule has 0 aliphatic rings. The molecule has 0 radical (unpaired) electrons. The molecular weight excluding hydrogens is 463 g/mol. The minimum Gasteiger partial charge on any atom is -0.493 e. The molecule has 1 heterocycles. The third-order valence-corrected chi connectivity index (χ3v) is 5.39. The highest BCUT2D eigenvalue weighted by Crippen LogP contribution is 2.38. The summed E-state index contributed by atoms with van der Waals surface area (Å²) in [7, 11) is 1.62. The molecule has 1 N–H and O–H groups in total. The molecule has 0 unspecified atom stereocenters. The fourth-order valence-electron chi connectivity index (χ4n) is 2.68. The maximum absolute atomic E-state index is 6.22. The van der Waals surface area contributed by atoms with Crippen LogP contribution in [0.4, 0.5) is 0 Å². The van der Waals surface area contributed by atoms with E-state index < -0.39 is 0 Å². The van der Waals surface area contributed by atoms with Crippen molar-refractivity contribution in [1.29, 1.82) is 0 Å². The maximum Gasteiger partial charge on any atom is 0.175 e. The first-order valence-corrected chi connectivity index (χ1v) is 10.1. The van der Waals surface area contributed by atoms with Crippen LogP contribution in [0.2, 0.25) is 10.0 Å². The summed E-state index contributed by atoms with van der Waals surface area (Å²) in [5, 5.41) is 4.53. The summed E-state index contributed by atoms with van der Waals surface area (Å²) in [6.45, 7) is 1.66. The number of hydrogen-bond acceptors (Lipinski definition) is 4. The molecule has 2 aromatic carbocycles. The molecule has 0 bridgehead atoms. The normalized spacial score (nSPS) is 10.7. The molecule has 1 aromatic heterocycles. The molecule has 4 nitrogen and oxygen atoms in total. The highest BCUT2D eigenvalue weighted by atomic mass is 79.9. The third kappa shape index (κ3) is 5.39. The molecule has 0 spiro atoms. The van der Waals surface area contributed by atoms with Gasteiger partial charge in [-0.2, -0.15) is 0 Å². The minimum absolute atomic E-state index is 0.242. The highest BCUT2D eigenvalue weighted by Gasteiger charge is 2.14. The summed E-state index contributed by atoms with van der Waals surface area (Å²) < 4.78 is 12.3. The second-order valence-corrected chi connectivity index (χ2v) is 7.73. The Bertz CT molecular complexity index is 919. The number of nitrogens with zero attached hydrogens (tertiary/aromatic N) is 1. The van der Waals surface area contributed by atoms with Crippen molar-refractivity contribution in [2.75, 3.05) is 7.11 Å². The second-order valence-electron chi connectivity index (χ2n) is 6.06. The van der Waals surface area contributed by atoms with Gasteiger partial charge >= 0.3 is 0 Å². The number of benzene rings is 2. The van der Waals surface area contributed by atoms with Gasteiger partial charge in [-0.15, -0.1) is 0 Å². The number of aromatic nitrogens is 1. The van der Waals surface area contributed by atoms with Crippen molar-refractivity contribution < 1.29 is 9.47 Å². The van der Waals surface area contributed by atoms with Crippen LogP contribution in [0.25, 0.3) is 0 Å². The van der Waals surface area contributed by atoms with Gasteiger partial charge in [0.1, 0.15) is 6.61 Å². The van der Waals surface area contributed by atoms with E-state index in [4.69, 9.17) is 32.7 Å². The Balaban J connectivity index is 1.69. The van der Waals surface area contributed by atoms with Crippen LogP contribution < -0.4 is 14.8 Å². The van der Waals surface area contributed by atoms with Crippen molar-refractivity contribution in [3.63, 3.8) is 0 Å². The lowest BCUT2D eigenvalue weighted by atomic mass is 10.2. The van der Waals surface area contributed by atoms with Crippen molar-refractivity contribution in [3.8, 4) is 11.5 Å². The lowest BCUT2D eigenvalue weighted by Gasteiger charge is -2.16. The van der Waals surface area contributed by atoms with Crippen LogP contribution >= 0.6 is 39.1 Å². The van der Waals surface area contributed by atoms with Gasteiger partial charge in [-0.1, -0.05) is 35.3 Å². The molecule has 0 saturated heterocycles. The van der Waals surface area contributed by atoms with Gasteiger partial charge in [-0.3, -0.25) is 4.98 Å². The Morgan fingerprint density at radius 3 is 2.46 bits per heavy atom. The van der Waals surface area contributed by atoms with Crippen LogP contribution in [0, 0.1) is 0 Å². The van der Waals surface area contributed by atoms with Crippen LogP contribution in [0.5, 0.6) is 11.5 Å². The van der Waals surface area contributed by atoms with Crippen molar-refractivity contribution >= 4 is 39.1 Å². The molecule has 28 heavy (non-hydrogen) atoms. The molecule has 7 heteroatoms. The molecule has 3 aromatic rings. The van der Waals surface area contributed by atoms with E-state index in [1.54, 1.807) is 31.5 Å². The zero-order valence-corrected chi connectivity index (χ0v) is 18.3. The second kappa shape index (κ2) is 10.1. The van der Waals surface area contributed by atoms with Gasteiger partial charge in [-0.25, -0.2) is 0 Å². The van der Waals surface area contributed by atoms with Gasteiger partial charge in [0.05, 0.1) is 11.6 Å². The first-order chi connectivity index (χ1) is 13.6. The van der Waals surface area contributed by atoms with Gasteiger partial charge in [-0.05, 0) is 57.4 Å². The van der Waals surface area contributed by atoms with E-state index in [2.05, 4.69) is 26.2 Å². The number of hydrogen-bond donors (Lipinski definition) is 1. The van der Waals surface area contributed by atoms with Gasteiger partial charge in [0, 0.05) is 41.1 Å². The van der Waals surface area contributed by atoms with Crippen LogP contribution in [0.1, 0.15) is 16.7 Å². The molecular formula is C21H19BrCl2N2O2. The van der Waals surface area contributed by atoms with Crippen LogP contribution in [-0.4, -0.2) is 12.1 Å². The molecule has 0 saturated carbocycles. The number of nitrogens with one attached hydrogen (secondary N) is 1. The van der Waals surface area contributed by atoms with E-state index in [1.807, 2.05) is 30.5 Å². The lowest BCUT2D eigenvalue weighted by molar-refractivity contribution is 0.282. The number of ether oxygens (including phenoxy) is 2. The fraction of sp³-hybridized carbons (Fsp3) is 0.190. The highest BCUT2D eigenvalue weighted by molar-refractivity contribution is 9.10. The summed E-state index contributed by atoms with van der Waals surface area (Å²) in [6, 6.07) is 13.3. The van der Waals surface area contributed by atoms with Crippen molar-refractivity contribution in [3.05, 3.63) is 86.1 Å². The Kier molecular flexibility index (Phi) is 7.57. The standard InChI is InChI=1S/C21H19BrCl2N2O2/c1-27-20-9-15(12-26-11-14-4-3-7-25-10-14)8-17(22)21(20)28-13-16-18(23)5-2-6-19(16)24/h2-10,26H,11-13H2,1H3. The predicted molar refractivity (Wildman–Crippen MR) is 116 cm³/mol. The van der Waals surface area contributed by atoms with Crippen LogP contribution in [0.15, 0.2) is 59.3 Å². The summed E-state index contributed by atoms with van der Waals surface area (Å²) in [5.74, 6) is 1.24. The Hall–Kier alpha value is -1.79. The minimum atomic E-state index is 0.242. The van der Waals surface area contributed by atoms with E-state index >= 15 is 0 Å². The van der Waals surface area contributed by atoms with Crippen molar-refractivity contribution in [2.45, 2.75) is 19.7 Å². The summed E-state index contributed by atoms with van der Waals surface area (Å²) >= 11 is 16.0. The largest absolute Gasteiger partial charge is 0.493 e. The van der Waals surface area contributed by atoms with Crippen LogP contribution in [-0.2, 0) is 19.7 Å². The topological polar surface area (TPSA) is 43.4 Å². The average Bonchev–Trinajstić information content (AvgIpc) is 2.69. The van der Waals surface area contributed by atoms with Crippen molar-refractivity contribution in [1.82, 2.24) is 10.3 Å². The van der Waals surface area contributed by atoms with Gasteiger partial charge < -0.3 is 14.8 Å². The van der Waals surface area contributed by atoms with Gasteiger partial charge in [0.25, 0.3) is 0 Å². The molecule has 0 fully saturated rings. The Labute approximate surface area is 182 Å². The smallest absolute Gasteiger partial charge is 0.175 e. The SMILES string of the molecule is COc1cc(CNCc2cccnc2)cc(Br)c1OCc1c(Cl)cccc1Cl. The van der Waals surface area contributed by atoms with E-state index in [1.165, 1.54) is 0 Å². The summed E-state index contributed by atoms with van der Waals surface area (Å²) in [5.41, 5.74) is 2.93. The van der Waals surface area contributed by atoms with E-state index in [9.17, 15) is 0 Å². The third-order valence-electron chi connectivity index (χ3n) is 4.09. The molecule has 3 rings (SSSR count). The number of methoxy groups -OCH3 is 1. The predicted octanol–water partition coefficient (Wildman–Crippen LogP) is 6.03. The van der Waals surface area contributed by atoms with Gasteiger partial charge in [0.2, 0.25) is 0 Å². The van der Waals surface area contributed by atoms with Crippen molar-refractivity contribution in [2.24, 2.45) is 0 Å². The van der Waals surface area contributed by atoms with E-state index in [-0.39, 0.29) is 6.61 Å². The Morgan fingerprint density at radius 2 is 1.79 bits per heavy atom. The number of pyridine rings is 1. The van der Waals surface area contributed by atoms with Gasteiger partial charge in [0.15, 0.2) is 11.5 Å². The molecule has 0 atom stereocenters. The lowest BCUT2D eigenvalue weighted by Crippen LogP contribution is -2.13. The molecule has 146 valence electrons. The molecule has 0 aliphatic carbocycles. The van der Waals surface area contributed by atoms with E-state index in [0.29, 0.717) is 28.1 Å². The number of halogens is 3. The first kappa shape index (κ1) is 20.9. The fourth-order valence-corrected chi connectivity index (χ4v) is 3.79. The first-order valence-electron chi connectivity index (χ1n) is 8.60. The monoisotopic (exact) mass is 480 g/mol. The number of rotatable bonds is 8. The molecule has 0 aliphatic heterocycles. The van der Waals surface area contributed by atoms with Crippen LogP contribution in [0.3, 0.4) is 0 Å². The Morgan fingerprint density at radius 1 is 1.04 bits per heavy atom. The summed E-state index contributed by atoms with van der Waals surface area (Å²) in [6.07, 6.45) is 3.61. The zero-order valence-electron chi connectivity index (χ0n) is 15.2. The van der Waals surface area contributed by atoms with E-state index in [0.717, 1.165) is 27.7 Å².